The molecule has 6 heteroatoms. The fourth-order valence-corrected chi connectivity index (χ4v) is 3.27. The van der Waals surface area contributed by atoms with Gasteiger partial charge in [0.25, 0.3) is 5.91 Å². The number of benzene rings is 2. The molecule has 2 aromatic heterocycles. The van der Waals surface area contributed by atoms with E-state index in [1.54, 1.807) is 29.2 Å². The molecule has 0 aliphatic heterocycles. The van der Waals surface area contributed by atoms with E-state index in [-0.39, 0.29) is 5.91 Å². The van der Waals surface area contributed by atoms with E-state index in [9.17, 15) is 4.79 Å². The largest absolute Gasteiger partial charge is 0.306 e. The lowest BCUT2D eigenvalue weighted by atomic mass is 10.1. The number of anilines is 1. The molecule has 0 fully saturated rings. The van der Waals surface area contributed by atoms with Crippen LogP contribution in [0.5, 0.6) is 0 Å². The van der Waals surface area contributed by atoms with E-state index in [0.29, 0.717) is 16.4 Å². The van der Waals surface area contributed by atoms with Crippen LogP contribution in [0.1, 0.15) is 27.0 Å². The van der Waals surface area contributed by atoms with Crippen LogP contribution in [-0.2, 0) is 7.05 Å². The van der Waals surface area contributed by atoms with Gasteiger partial charge in [-0.05, 0) is 48.4 Å². The number of carbonyl (C=O) groups is 1. The predicted molar refractivity (Wildman–Crippen MR) is 123 cm³/mol. The van der Waals surface area contributed by atoms with Crippen molar-refractivity contribution in [2.24, 2.45) is 7.05 Å². The quantitative estimate of drug-likeness (QED) is 0.464. The van der Waals surface area contributed by atoms with Crippen LogP contribution in [0, 0.1) is 18.8 Å². The summed E-state index contributed by atoms with van der Waals surface area (Å²) in [5, 5.41) is 7.39. The maximum atomic E-state index is 12.9. The molecular formula is C25H19ClN4O. The number of hydrogen-bond donors (Lipinski definition) is 1. The van der Waals surface area contributed by atoms with Crippen LogP contribution in [0.4, 0.5) is 5.82 Å². The van der Waals surface area contributed by atoms with Crippen molar-refractivity contribution in [3.63, 3.8) is 0 Å². The molecule has 0 spiro atoms. The van der Waals surface area contributed by atoms with E-state index < -0.39 is 0 Å². The first kappa shape index (κ1) is 20.4. The van der Waals surface area contributed by atoms with Gasteiger partial charge in [-0.25, -0.2) is 4.98 Å². The van der Waals surface area contributed by atoms with Gasteiger partial charge >= 0.3 is 0 Å². The van der Waals surface area contributed by atoms with Crippen molar-refractivity contribution >= 4 is 23.3 Å². The van der Waals surface area contributed by atoms with Gasteiger partial charge in [-0.3, -0.25) is 9.48 Å². The van der Waals surface area contributed by atoms with Crippen LogP contribution in [0.25, 0.3) is 11.1 Å². The Hall–Kier alpha value is -3.88. The van der Waals surface area contributed by atoms with Crippen LogP contribution in [0.3, 0.4) is 0 Å². The molecule has 0 bridgehead atoms. The second kappa shape index (κ2) is 8.86. The lowest BCUT2D eigenvalue weighted by Crippen LogP contribution is -2.14. The number of nitrogens with one attached hydrogen (secondary N) is 1. The fraction of sp³-hybridized carbons (Fsp3) is 0.0800. The van der Waals surface area contributed by atoms with Gasteiger partial charge in [0.05, 0.1) is 16.8 Å². The van der Waals surface area contributed by atoms with Crippen molar-refractivity contribution in [3.05, 3.63) is 100 Å². The first-order chi connectivity index (χ1) is 15.0. The maximum absolute atomic E-state index is 12.9. The van der Waals surface area contributed by atoms with Crippen LogP contribution < -0.4 is 5.32 Å². The molecule has 1 N–H and O–H groups in total. The molecule has 0 atom stereocenters. The molecule has 31 heavy (non-hydrogen) atoms. The highest BCUT2D eigenvalue weighted by molar-refractivity contribution is 6.34. The lowest BCUT2D eigenvalue weighted by molar-refractivity contribution is 0.102. The van der Waals surface area contributed by atoms with E-state index in [1.807, 2.05) is 62.6 Å². The Bertz CT molecular complexity index is 1320. The second-order valence-corrected chi connectivity index (χ2v) is 7.46. The normalized spacial score (nSPS) is 10.3. The summed E-state index contributed by atoms with van der Waals surface area (Å²) >= 11 is 6.29. The number of aromatic nitrogens is 3. The highest BCUT2D eigenvalue weighted by Crippen LogP contribution is 2.26. The first-order valence-electron chi connectivity index (χ1n) is 9.63. The van der Waals surface area contributed by atoms with Crippen LogP contribution in [0.2, 0.25) is 5.02 Å². The van der Waals surface area contributed by atoms with Crippen LogP contribution in [0.15, 0.2) is 73.2 Å². The SMILES string of the molecule is Cc1cc(C#Cc2ccccc2)cnc1NC(=O)c1cc(-c2cnn(C)c2)ccc1Cl. The van der Waals surface area contributed by atoms with E-state index in [4.69, 9.17) is 11.6 Å². The Kier molecular flexibility index (Phi) is 5.83. The highest BCUT2D eigenvalue weighted by atomic mass is 35.5. The fourth-order valence-electron chi connectivity index (χ4n) is 3.06. The number of nitrogens with zero attached hydrogens (tertiary/aromatic N) is 3. The zero-order valence-electron chi connectivity index (χ0n) is 17.1. The minimum Gasteiger partial charge on any atom is -0.306 e. The summed E-state index contributed by atoms with van der Waals surface area (Å²) < 4.78 is 1.71. The van der Waals surface area contributed by atoms with Gasteiger partial charge in [0.1, 0.15) is 5.82 Å². The van der Waals surface area contributed by atoms with E-state index >= 15 is 0 Å². The number of aryl methyl sites for hydroxylation is 2. The summed E-state index contributed by atoms with van der Waals surface area (Å²) in [6.07, 6.45) is 5.27. The van der Waals surface area contributed by atoms with Gasteiger partial charge in [0, 0.05) is 36.1 Å². The minimum atomic E-state index is -0.325. The second-order valence-electron chi connectivity index (χ2n) is 7.06. The summed E-state index contributed by atoms with van der Waals surface area (Å²) in [6, 6.07) is 17.0. The van der Waals surface area contributed by atoms with Gasteiger partial charge < -0.3 is 5.32 Å². The molecule has 4 rings (SSSR count). The van der Waals surface area contributed by atoms with E-state index in [1.165, 1.54) is 0 Å². The molecule has 0 saturated carbocycles. The number of amides is 1. The summed E-state index contributed by atoms with van der Waals surface area (Å²) in [6.45, 7) is 1.88. The summed E-state index contributed by atoms with van der Waals surface area (Å²) in [5.41, 5.74) is 4.66. The minimum absolute atomic E-state index is 0.325. The van der Waals surface area contributed by atoms with Crippen molar-refractivity contribution in [1.29, 1.82) is 0 Å². The third kappa shape index (κ3) is 4.82. The standard InChI is InChI=1S/C25H19ClN4O/c1-17-12-19(9-8-18-6-4-3-5-7-18)14-27-24(17)29-25(31)22-13-20(10-11-23(22)26)21-15-28-30(2)16-21/h3-7,10-16H,1-2H3,(H,27,29,31). The Morgan fingerprint density at radius 3 is 2.48 bits per heavy atom. The molecule has 1 amide bonds. The Labute approximate surface area is 185 Å². The molecule has 4 aromatic rings. The molecule has 152 valence electrons. The average Bonchev–Trinajstić information content (AvgIpc) is 3.21. The number of carbonyl (C=O) groups excluding carboxylic acids is 1. The van der Waals surface area contributed by atoms with E-state index in [2.05, 4.69) is 27.2 Å². The zero-order chi connectivity index (χ0) is 21.8. The van der Waals surface area contributed by atoms with Crippen LogP contribution in [-0.4, -0.2) is 20.7 Å². The van der Waals surface area contributed by atoms with Gasteiger partial charge in [-0.2, -0.15) is 5.10 Å². The van der Waals surface area contributed by atoms with Crippen molar-refractivity contribution in [2.45, 2.75) is 6.92 Å². The highest BCUT2D eigenvalue weighted by Gasteiger charge is 2.14. The smallest absolute Gasteiger partial charge is 0.258 e. The summed E-state index contributed by atoms with van der Waals surface area (Å²) in [5.74, 6) is 6.35. The molecule has 0 unspecified atom stereocenters. The van der Waals surface area contributed by atoms with Gasteiger partial charge in [-0.1, -0.05) is 47.7 Å². The Morgan fingerprint density at radius 2 is 1.77 bits per heavy atom. The molecular weight excluding hydrogens is 408 g/mol. The van der Waals surface area contributed by atoms with Crippen molar-refractivity contribution in [3.8, 4) is 23.0 Å². The number of hydrogen-bond acceptors (Lipinski definition) is 3. The van der Waals surface area contributed by atoms with E-state index in [0.717, 1.165) is 27.8 Å². The molecule has 0 aliphatic rings. The zero-order valence-corrected chi connectivity index (χ0v) is 17.8. The predicted octanol–water partition coefficient (Wildman–Crippen LogP) is 5.10. The number of halogens is 1. The number of pyridine rings is 1. The average molecular weight is 427 g/mol. The Balaban J connectivity index is 1.54. The third-order valence-corrected chi connectivity index (χ3v) is 5.01. The molecule has 0 aliphatic carbocycles. The maximum Gasteiger partial charge on any atom is 0.258 e. The third-order valence-electron chi connectivity index (χ3n) is 4.68. The summed E-state index contributed by atoms with van der Waals surface area (Å²) in [4.78, 5) is 17.3. The lowest BCUT2D eigenvalue weighted by Gasteiger charge is -2.10. The Morgan fingerprint density at radius 1 is 1.00 bits per heavy atom. The van der Waals surface area contributed by atoms with Crippen molar-refractivity contribution in [2.75, 3.05) is 5.32 Å². The molecule has 0 radical (unpaired) electrons. The van der Waals surface area contributed by atoms with Crippen LogP contribution >= 0.6 is 11.6 Å². The molecule has 2 heterocycles. The molecule has 2 aromatic carbocycles. The number of rotatable bonds is 3. The summed E-state index contributed by atoms with van der Waals surface area (Å²) in [7, 11) is 1.84. The van der Waals surface area contributed by atoms with Crippen molar-refractivity contribution in [1.82, 2.24) is 14.8 Å². The monoisotopic (exact) mass is 426 g/mol. The van der Waals surface area contributed by atoms with Gasteiger partial charge in [0.15, 0.2) is 0 Å². The van der Waals surface area contributed by atoms with Crippen molar-refractivity contribution < 1.29 is 4.79 Å². The molecule has 5 nitrogen and oxygen atoms in total. The topological polar surface area (TPSA) is 59.8 Å². The molecule has 0 saturated heterocycles. The van der Waals surface area contributed by atoms with Gasteiger partial charge in [0.2, 0.25) is 0 Å². The van der Waals surface area contributed by atoms with Gasteiger partial charge in [-0.15, -0.1) is 0 Å². The first-order valence-corrected chi connectivity index (χ1v) is 10.0.